The van der Waals surface area contributed by atoms with E-state index in [2.05, 4.69) is 20.9 Å². The van der Waals surface area contributed by atoms with Gasteiger partial charge in [0.2, 0.25) is 5.91 Å². The average Bonchev–Trinajstić information content (AvgIpc) is 2.80. The number of piperidine rings is 1. The summed E-state index contributed by atoms with van der Waals surface area (Å²) in [7, 11) is 0. The third-order valence-electron chi connectivity index (χ3n) is 5.95. The van der Waals surface area contributed by atoms with Gasteiger partial charge in [0, 0.05) is 56.6 Å². The molecule has 0 spiro atoms. The molecule has 1 amide bonds. The number of rotatable bonds is 6. The highest BCUT2D eigenvalue weighted by atomic mass is 35.5. The maximum absolute atomic E-state index is 14.9. The zero-order valence-electron chi connectivity index (χ0n) is 17.4. The summed E-state index contributed by atoms with van der Waals surface area (Å²) >= 11 is 6.41. The molecule has 2 saturated heterocycles. The second-order valence-electron chi connectivity index (χ2n) is 8.28. The first-order valence-electron chi connectivity index (χ1n) is 10.8. The molecule has 6 nitrogen and oxygen atoms in total. The lowest BCUT2D eigenvalue weighted by molar-refractivity contribution is -0.120. The number of benzene rings is 1. The molecule has 3 heterocycles. The van der Waals surface area contributed by atoms with Crippen molar-refractivity contribution in [3.8, 4) is 11.1 Å². The van der Waals surface area contributed by atoms with Gasteiger partial charge in [-0.3, -0.25) is 4.79 Å². The second kappa shape index (κ2) is 9.94. The highest BCUT2D eigenvalue weighted by Gasteiger charge is 2.32. The van der Waals surface area contributed by atoms with Crippen LogP contribution in [0, 0.1) is 5.92 Å². The Bertz CT molecular complexity index is 914. The summed E-state index contributed by atoms with van der Waals surface area (Å²) in [6, 6.07) is 9.45. The average molecular weight is 447 g/mol. The fraction of sp³-hybridized carbons (Fsp3) is 0.478. The molecule has 1 atom stereocenters. The number of hydrogen-bond acceptors (Lipinski definition) is 5. The minimum atomic E-state index is -1.26. The fourth-order valence-electron chi connectivity index (χ4n) is 4.00. The maximum atomic E-state index is 14.9. The lowest BCUT2D eigenvalue weighted by atomic mass is 9.96. The van der Waals surface area contributed by atoms with Crippen molar-refractivity contribution in [2.24, 2.45) is 5.92 Å². The van der Waals surface area contributed by atoms with Crippen LogP contribution in [0.15, 0.2) is 36.5 Å². The molecule has 1 aromatic carbocycles. The van der Waals surface area contributed by atoms with Crippen molar-refractivity contribution < 1.29 is 13.9 Å². The Kier molecular flexibility index (Phi) is 7.05. The molecule has 0 radical (unpaired) electrons. The Morgan fingerprint density at radius 2 is 2.16 bits per heavy atom. The van der Waals surface area contributed by atoms with Crippen LogP contribution in [0.5, 0.6) is 0 Å². The molecule has 2 aromatic rings. The number of amides is 1. The van der Waals surface area contributed by atoms with Crippen molar-refractivity contribution in [1.82, 2.24) is 10.3 Å². The third kappa shape index (κ3) is 5.73. The molecule has 3 N–H and O–H groups in total. The van der Waals surface area contributed by atoms with Gasteiger partial charge in [-0.15, -0.1) is 0 Å². The highest BCUT2D eigenvalue weighted by Crippen LogP contribution is 2.32. The molecule has 0 bridgehead atoms. The quantitative estimate of drug-likeness (QED) is 0.617. The standard InChI is InChI=1S/C23H28ClFN4O2/c24-20-14-27-21(29-22(30)17-4-2-8-26-13-17)12-19(20)16-3-1-5-18(11-16)28-15-23(25)6-9-31-10-7-23/h1,3,5,11-12,14,17,26,28H,2,4,6-10,13,15H2,(H,27,29,30)/t17-/m1/s1. The van der Waals surface area contributed by atoms with Crippen molar-refractivity contribution >= 4 is 29.0 Å². The Hall–Kier alpha value is -2.22. The first-order chi connectivity index (χ1) is 15.0. The van der Waals surface area contributed by atoms with Crippen molar-refractivity contribution in [2.45, 2.75) is 31.4 Å². The van der Waals surface area contributed by atoms with E-state index in [9.17, 15) is 9.18 Å². The number of aromatic nitrogens is 1. The van der Waals surface area contributed by atoms with Gasteiger partial charge in [0.15, 0.2) is 0 Å². The van der Waals surface area contributed by atoms with Gasteiger partial charge in [0.1, 0.15) is 11.5 Å². The largest absolute Gasteiger partial charge is 0.382 e. The number of alkyl halides is 1. The number of hydrogen-bond donors (Lipinski definition) is 3. The summed E-state index contributed by atoms with van der Waals surface area (Å²) in [6.45, 7) is 2.78. The molecule has 0 unspecified atom stereocenters. The van der Waals surface area contributed by atoms with Crippen LogP contribution in [0.25, 0.3) is 11.1 Å². The first-order valence-corrected chi connectivity index (χ1v) is 11.2. The van der Waals surface area contributed by atoms with E-state index in [1.54, 1.807) is 12.3 Å². The lowest BCUT2D eigenvalue weighted by Crippen LogP contribution is -2.38. The van der Waals surface area contributed by atoms with Crippen LogP contribution in [0.1, 0.15) is 25.7 Å². The van der Waals surface area contributed by atoms with Crippen molar-refractivity contribution in [2.75, 3.05) is 43.5 Å². The Balaban J connectivity index is 1.46. The van der Waals surface area contributed by atoms with E-state index in [1.165, 1.54) is 0 Å². The Morgan fingerprint density at radius 3 is 2.94 bits per heavy atom. The number of pyridine rings is 1. The van der Waals surface area contributed by atoms with Gasteiger partial charge in [0.25, 0.3) is 0 Å². The molecule has 0 saturated carbocycles. The van der Waals surface area contributed by atoms with Gasteiger partial charge in [-0.1, -0.05) is 23.7 Å². The summed E-state index contributed by atoms with van der Waals surface area (Å²) in [5.74, 6) is 0.381. The molecule has 1 aromatic heterocycles. The molecule has 8 heteroatoms. The van der Waals surface area contributed by atoms with Gasteiger partial charge >= 0.3 is 0 Å². The van der Waals surface area contributed by atoms with E-state index < -0.39 is 5.67 Å². The molecule has 2 fully saturated rings. The van der Waals surface area contributed by atoms with Crippen LogP contribution in [0.3, 0.4) is 0 Å². The summed E-state index contributed by atoms with van der Waals surface area (Å²) < 4.78 is 20.1. The SMILES string of the molecule is O=C(Nc1cc(-c2cccc(NCC3(F)CCOCC3)c2)c(Cl)cn1)[C@@H]1CCCNC1. The van der Waals surface area contributed by atoms with E-state index in [0.29, 0.717) is 43.4 Å². The number of halogens is 2. The molecule has 4 rings (SSSR count). The lowest BCUT2D eigenvalue weighted by Gasteiger charge is -2.30. The number of nitrogens with zero attached hydrogens (tertiary/aromatic N) is 1. The molecule has 2 aliphatic rings. The predicted octanol–water partition coefficient (Wildman–Crippen LogP) is 4.27. The number of ether oxygens (including phenoxy) is 1. The van der Waals surface area contributed by atoms with E-state index >= 15 is 0 Å². The highest BCUT2D eigenvalue weighted by molar-refractivity contribution is 6.33. The van der Waals surface area contributed by atoms with Crippen LogP contribution in [-0.4, -0.2) is 49.4 Å². The molecule has 0 aliphatic carbocycles. The van der Waals surface area contributed by atoms with Gasteiger partial charge < -0.3 is 20.7 Å². The van der Waals surface area contributed by atoms with Crippen LogP contribution in [-0.2, 0) is 9.53 Å². The topological polar surface area (TPSA) is 75.3 Å². The van der Waals surface area contributed by atoms with Gasteiger partial charge in [-0.05, 0) is 43.1 Å². The van der Waals surface area contributed by atoms with Gasteiger partial charge in [-0.25, -0.2) is 9.37 Å². The minimum absolute atomic E-state index is 0.0342. The van der Waals surface area contributed by atoms with Crippen LogP contribution >= 0.6 is 11.6 Å². The minimum Gasteiger partial charge on any atom is -0.382 e. The molecule has 31 heavy (non-hydrogen) atoms. The number of anilines is 2. The van der Waals surface area contributed by atoms with E-state index in [0.717, 1.165) is 36.2 Å². The van der Waals surface area contributed by atoms with Gasteiger partial charge in [0.05, 0.1) is 10.9 Å². The molecular weight excluding hydrogens is 419 g/mol. The van der Waals surface area contributed by atoms with Crippen molar-refractivity contribution in [3.05, 3.63) is 41.6 Å². The normalized spacial score (nSPS) is 20.8. The summed E-state index contributed by atoms with van der Waals surface area (Å²) in [5, 5.41) is 9.86. The van der Waals surface area contributed by atoms with E-state index in [-0.39, 0.29) is 18.4 Å². The van der Waals surface area contributed by atoms with Crippen molar-refractivity contribution in [3.63, 3.8) is 0 Å². The number of nitrogens with one attached hydrogen (secondary N) is 3. The fourth-order valence-corrected chi connectivity index (χ4v) is 4.22. The van der Waals surface area contributed by atoms with E-state index in [1.807, 2.05) is 24.3 Å². The maximum Gasteiger partial charge on any atom is 0.229 e. The molecular formula is C23H28ClFN4O2. The Morgan fingerprint density at radius 1 is 1.32 bits per heavy atom. The second-order valence-corrected chi connectivity index (χ2v) is 8.69. The summed E-state index contributed by atoms with van der Waals surface area (Å²) in [4.78, 5) is 16.8. The van der Waals surface area contributed by atoms with Gasteiger partial charge in [-0.2, -0.15) is 0 Å². The Labute approximate surface area is 186 Å². The van der Waals surface area contributed by atoms with Crippen LogP contribution in [0.4, 0.5) is 15.9 Å². The third-order valence-corrected chi connectivity index (χ3v) is 6.25. The number of carbonyl (C=O) groups excluding carboxylic acids is 1. The summed E-state index contributed by atoms with van der Waals surface area (Å²) in [6.07, 6.45) is 4.20. The smallest absolute Gasteiger partial charge is 0.229 e. The van der Waals surface area contributed by atoms with Crippen LogP contribution < -0.4 is 16.0 Å². The zero-order valence-corrected chi connectivity index (χ0v) is 18.2. The van der Waals surface area contributed by atoms with E-state index in [4.69, 9.17) is 16.3 Å². The predicted molar refractivity (Wildman–Crippen MR) is 121 cm³/mol. The zero-order chi connectivity index (χ0) is 21.7. The molecule has 166 valence electrons. The monoisotopic (exact) mass is 446 g/mol. The molecule has 2 aliphatic heterocycles. The van der Waals surface area contributed by atoms with Crippen LogP contribution in [0.2, 0.25) is 5.02 Å². The van der Waals surface area contributed by atoms with Crippen molar-refractivity contribution in [1.29, 1.82) is 0 Å². The summed E-state index contributed by atoms with van der Waals surface area (Å²) in [5.41, 5.74) is 1.19. The number of carbonyl (C=O) groups is 1. The first kappa shape index (κ1) is 22.0.